The molecule has 0 saturated heterocycles. The number of hydrogen-bond donors (Lipinski definition) is 2. The van der Waals surface area contributed by atoms with Gasteiger partial charge in [-0.1, -0.05) is 12.1 Å². The molecule has 0 aliphatic carbocycles. The van der Waals surface area contributed by atoms with Crippen molar-refractivity contribution >= 4 is 46.6 Å². The van der Waals surface area contributed by atoms with Crippen molar-refractivity contribution in [2.75, 3.05) is 17.7 Å². The molecule has 0 aliphatic heterocycles. The SMILES string of the molecule is NC(=O)CSc1ccccc1NC(=O)COC(=O)CCc1ccsc1. The number of nitrogens with one attached hydrogen (secondary N) is 1. The number of esters is 1. The Balaban J connectivity index is 1.78. The van der Waals surface area contributed by atoms with Crippen LogP contribution in [0, 0.1) is 0 Å². The molecule has 132 valence electrons. The first-order valence-electron chi connectivity index (χ1n) is 7.51. The largest absolute Gasteiger partial charge is 0.456 e. The van der Waals surface area contributed by atoms with E-state index >= 15 is 0 Å². The molecular weight excluding hydrogens is 360 g/mol. The van der Waals surface area contributed by atoms with Gasteiger partial charge in [0.1, 0.15) is 0 Å². The van der Waals surface area contributed by atoms with Crippen molar-refractivity contribution in [3.05, 3.63) is 46.7 Å². The summed E-state index contributed by atoms with van der Waals surface area (Å²) in [5.41, 5.74) is 6.76. The normalized spacial score (nSPS) is 10.2. The molecule has 0 bridgehead atoms. The molecule has 0 unspecified atom stereocenters. The molecule has 6 nitrogen and oxygen atoms in total. The van der Waals surface area contributed by atoms with Crippen molar-refractivity contribution in [2.45, 2.75) is 17.7 Å². The Hall–Kier alpha value is -2.32. The number of thioether (sulfide) groups is 1. The molecule has 25 heavy (non-hydrogen) atoms. The summed E-state index contributed by atoms with van der Waals surface area (Å²) >= 11 is 2.80. The number of hydrogen-bond acceptors (Lipinski definition) is 6. The number of ether oxygens (including phenoxy) is 1. The van der Waals surface area contributed by atoms with Crippen LogP contribution in [0.15, 0.2) is 46.0 Å². The number of rotatable bonds is 9. The summed E-state index contributed by atoms with van der Waals surface area (Å²) < 4.78 is 4.98. The van der Waals surface area contributed by atoms with Crippen molar-refractivity contribution in [2.24, 2.45) is 5.73 Å². The Morgan fingerprint density at radius 3 is 2.72 bits per heavy atom. The van der Waals surface area contributed by atoms with E-state index in [1.165, 1.54) is 11.8 Å². The molecule has 0 radical (unpaired) electrons. The number of para-hydroxylation sites is 1. The van der Waals surface area contributed by atoms with Crippen LogP contribution in [0.3, 0.4) is 0 Å². The van der Waals surface area contributed by atoms with Crippen molar-refractivity contribution in [3.63, 3.8) is 0 Å². The van der Waals surface area contributed by atoms with Crippen molar-refractivity contribution in [3.8, 4) is 0 Å². The molecular formula is C17H18N2O4S2. The maximum atomic E-state index is 12.0. The predicted octanol–water partition coefficient (Wildman–Crippen LogP) is 2.44. The summed E-state index contributed by atoms with van der Waals surface area (Å²) in [7, 11) is 0. The molecule has 8 heteroatoms. The fourth-order valence-electron chi connectivity index (χ4n) is 1.93. The second-order valence-electron chi connectivity index (χ2n) is 5.09. The fraction of sp³-hybridized carbons (Fsp3) is 0.235. The lowest BCUT2D eigenvalue weighted by atomic mass is 10.2. The Bertz CT molecular complexity index is 732. The first kappa shape index (κ1) is 19.0. The minimum atomic E-state index is -0.439. The van der Waals surface area contributed by atoms with Gasteiger partial charge in [0.2, 0.25) is 5.91 Å². The number of benzene rings is 1. The van der Waals surface area contributed by atoms with Gasteiger partial charge >= 0.3 is 5.97 Å². The minimum absolute atomic E-state index is 0.116. The van der Waals surface area contributed by atoms with Crippen LogP contribution < -0.4 is 11.1 Å². The monoisotopic (exact) mass is 378 g/mol. The van der Waals surface area contributed by atoms with Crippen LogP contribution in [0.1, 0.15) is 12.0 Å². The van der Waals surface area contributed by atoms with Gasteiger partial charge in [-0.15, -0.1) is 11.8 Å². The van der Waals surface area contributed by atoms with E-state index < -0.39 is 17.8 Å². The van der Waals surface area contributed by atoms with E-state index in [4.69, 9.17) is 10.5 Å². The lowest BCUT2D eigenvalue weighted by Crippen LogP contribution is -2.21. The van der Waals surface area contributed by atoms with Gasteiger partial charge in [0.05, 0.1) is 11.4 Å². The summed E-state index contributed by atoms with van der Waals surface area (Å²) in [5.74, 6) is -1.18. The Labute approximate surface area is 153 Å². The highest BCUT2D eigenvalue weighted by molar-refractivity contribution is 8.00. The predicted molar refractivity (Wildman–Crippen MR) is 98.6 cm³/mol. The summed E-state index contributed by atoms with van der Waals surface area (Å²) in [6, 6.07) is 8.99. The van der Waals surface area contributed by atoms with Gasteiger partial charge in [-0.3, -0.25) is 14.4 Å². The van der Waals surface area contributed by atoms with Crippen LogP contribution >= 0.6 is 23.1 Å². The Morgan fingerprint density at radius 1 is 1.20 bits per heavy atom. The topological polar surface area (TPSA) is 98.5 Å². The third kappa shape index (κ3) is 6.98. The number of carbonyl (C=O) groups is 3. The third-order valence-corrected chi connectivity index (χ3v) is 4.92. The third-order valence-electron chi connectivity index (χ3n) is 3.09. The minimum Gasteiger partial charge on any atom is -0.456 e. The smallest absolute Gasteiger partial charge is 0.306 e. The van der Waals surface area contributed by atoms with Gasteiger partial charge < -0.3 is 15.8 Å². The van der Waals surface area contributed by atoms with Gasteiger partial charge in [0.25, 0.3) is 5.91 Å². The standard InChI is InChI=1S/C17H18N2O4S2/c18-15(20)11-25-14-4-2-1-3-13(14)19-16(21)9-23-17(22)6-5-12-7-8-24-10-12/h1-4,7-8,10H,5-6,9,11H2,(H2,18,20)(H,19,21). The molecule has 0 aliphatic rings. The molecule has 2 aromatic rings. The highest BCUT2D eigenvalue weighted by atomic mass is 32.2. The molecule has 0 saturated carbocycles. The summed E-state index contributed by atoms with van der Waals surface area (Å²) in [4.78, 5) is 35.2. The Kier molecular flexibility index (Phi) is 7.49. The number of nitrogens with two attached hydrogens (primary N) is 1. The summed E-state index contributed by atoms with van der Waals surface area (Å²) in [6.45, 7) is -0.350. The zero-order valence-corrected chi connectivity index (χ0v) is 15.0. The quantitative estimate of drug-likeness (QED) is 0.516. The van der Waals surface area contributed by atoms with Crippen LogP contribution in [0.5, 0.6) is 0 Å². The van der Waals surface area contributed by atoms with Crippen LogP contribution in [0.4, 0.5) is 5.69 Å². The first-order chi connectivity index (χ1) is 12.0. The molecule has 2 amide bonds. The van der Waals surface area contributed by atoms with Gasteiger partial charge in [-0.2, -0.15) is 11.3 Å². The van der Waals surface area contributed by atoms with Gasteiger partial charge in [0.15, 0.2) is 6.61 Å². The maximum Gasteiger partial charge on any atom is 0.306 e. The summed E-state index contributed by atoms with van der Waals surface area (Å²) in [5, 5.41) is 6.59. The average molecular weight is 378 g/mol. The van der Waals surface area contributed by atoms with Crippen molar-refractivity contribution in [1.82, 2.24) is 0 Å². The second-order valence-corrected chi connectivity index (χ2v) is 6.89. The van der Waals surface area contributed by atoms with E-state index in [0.717, 1.165) is 10.5 Å². The van der Waals surface area contributed by atoms with Crippen LogP contribution in [-0.4, -0.2) is 30.1 Å². The van der Waals surface area contributed by atoms with E-state index in [1.807, 2.05) is 16.8 Å². The van der Waals surface area contributed by atoms with E-state index in [-0.39, 0.29) is 18.8 Å². The van der Waals surface area contributed by atoms with Crippen LogP contribution in [-0.2, 0) is 25.5 Å². The molecule has 0 atom stereocenters. The first-order valence-corrected chi connectivity index (χ1v) is 9.44. The molecule has 2 rings (SSSR count). The highest BCUT2D eigenvalue weighted by Crippen LogP contribution is 2.26. The number of thiophene rings is 1. The second kappa shape index (κ2) is 9.85. The molecule has 1 aromatic heterocycles. The van der Waals surface area contributed by atoms with E-state index in [1.54, 1.807) is 35.6 Å². The molecule has 1 aromatic carbocycles. The van der Waals surface area contributed by atoms with E-state index in [9.17, 15) is 14.4 Å². The molecule has 0 fully saturated rings. The highest BCUT2D eigenvalue weighted by Gasteiger charge is 2.11. The number of carbonyl (C=O) groups excluding carboxylic acids is 3. The van der Waals surface area contributed by atoms with E-state index in [2.05, 4.69) is 5.32 Å². The van der Waals surface area contributed by atoms with Crippen molar-refractivity contribution < 1.29 is 19.1 Å². The molecule has 3 N–H and O–H groups in total. The van der Waals surface area contributed by atoms with Crippen LogP contribution in [0.2, 0.25) is 0 Å². The van der Waals surface area contributed by atoms with Gasteiger partial charge in [0, 0.05) is 11.3 Å². The fourth-order valence-corrected chi connectivity index (χ4v) is 3.38. The van der Waals surface area contributed by atoms with Gasteiger partial charge in [-0.05, 0) is 40.9 Å². The molecule has 1 heterocycles. The molecule has 0 spiro atoms. The zero-order chi connectivity index (χ0) is 18.1. The lowest BCUT2D eigenvalue weighted by molar-refractivity contribution is -0.147. The lowest BCUT2D eigenvalue weighted by Gasteiger charge is -2.10. The average Bonchev–Trinajstić information content (AvgIpc) is 3.11. The number of anilines is 1. The number of amides is 2. The maximum absolute atomic E-state index is 12.0. The van der Waals surface area contributed by atoms with E-state index in [0.29, 0.717) is 12.1 Å². The summed E-state index contributed by atoms with van der Waals surface area (Å²) in [6.07, 6.45) is 0.825. The number of primary amides is 1. The van der Waals surface area contributed by atoms with Gasteiger partial charge in [-0.25, -0.2) is 0 Å². The zero-order valence-electron chi connectivity index (χ0n) is 13.4. The van der Waals surface area contributed by atoms with Crippen molar-refractivity contribution in [1.29, 1.82) is 0 Å². The van der Waals surface area contributed by atoms with Crippen LogP contribution in [0.25, 0.3) is 0 Å². The Morgan fingerprint density at radius 2 is 2.00 bits per heavy atom. The number of aryl methyl sites for hydroxylation is 1.